The smallest absolute Gasteiger partial charge is 0.191 e. The molecule has 31 heavy (non-hydrogen) atoms. The van der Waals surface area contributed by atoms with Crippen LogP contribution in [0.2, 0.25) is 0 Å². The van der Waals surface area contributed by atoms with Crippen molar-refractivity contribution in [3.05, 3.63) is 35.4 Å². The van der Waals surface area contributed by atoms with Crippen molar-refractivity contribution in [2.45, 2.75) is 58.7 Å². The quantitative estimate of drug-likeness (QED) is 0.299. The number of rotatable bonds is 8. The average molecular weight is 544 g/mol. The number of benzene rings is 1. The van der Waals surface area contributed by atoms with Crippen molar-refractivity contribution in [3.63, 3.8) is 0 Å². The van der Waals surface area contributed by atoms with E-state index in [9.17, 15) is 0 Å². The minimum atomic E-state index is 0. The van der Waals surface area contributed by atoms with Gasteiger partial charge >= 0.3 is 0 Å². The van der Waals surface area contributed by atoms with Gasteiger partial charge in [0.15, 0.2) is 5.96 Å². The summed E-state index contributed by atoms with van der Waals surface area (Å²) in [7, 11) is 0. The van der Waals surface area contributed by atoms with Gasteiger partial charge in [0.05, 0.1) is 19.8 Å². The van der Waals surface area contributed by atoms with Crippen LogP contribution in [-0.2, 0) is 17.8 Å². The summed E-state index contributed by atoms with van der Waals surface area (Å²) in [5.41, 5.74) is 2.68. The van der Waals surface area contributed by atoms with Gasteiger partial charge in [0, 0.05) is 38.8 Å². The Morgan fingerprint density at radius 2 is 1.74 bits per heavy atom. The molecule has 2 aliphatic rings. The number of guanidine groups is 1. The molecule has 6 nitrogen and oxygen atoms in total. The first-order chi connectivity index (χ1) is 14.7. The third kappa shape index (κ3) is 9.63. The van der Waals surface area contributed by atoms with Crippen molar-refractivity contribution < 1.29 is 4.74 Å². The first-order valence-electron chi connectivity index (χ1n) is 11.9. The van der Waals surface area contributed by atoms with Gasteiger partial charge in [-0.05, 0) is 50.9 Å². The van der Waals surface area contributed by atoms with E-state index in [2.05, 4.69) is 58.5 Å². The number of morpholine rings is 1. The van der Waals surface area contributed by atoms with Crippen LogP contribution in [-0.4, -0.2) is 74.3 Å². The Bertz CT molecular complexity index is 643. The maximum Gasteiger partial charge on any atom is 0.191 e. The molecule has 0 amide bonds. The first kappa shape index (κ1) is 26.4. The Morgan fingerprint density at radius 3 is 2.45 bits per heavy atom. The number of likely N-dealkylation sites (tertiary alicyclic amines) is 1. The van der Waals surface area contributed by atoms with Gasteiger partial charge in [0.25, 0.3) is 0 Å². The van der Waals surface area contributed by atoms with Crippen LogP contribution in [0.5, 0.6) is 0 Å². The summed E-state index contributed by atoms with van der Waals surface area (Å²) in [4.78, 5) is 9.93. The molecular weight excluding hydrogens is 501 g/mol. The number of aliphatic imine (C=N–C) groups is 1. The first-order valence-corrected chi connectivity index (χ1v) is 11.9. The predicted octanol–water partition coefficient (Wildman–Crippen LogP) is 3.46. The zero-order valence-electron chi connectivity index (χ0n) is 19.4. The van der Waals surface area contributed by atoms with E-state index in [1.807, 2.05) is 0 Å². The molecule has 0 spiro atoms. The number of ether oxygens (including phenoxy) is 1. The summed E-state index contributed by atoms with van der Waals surface area (Å²) < 4.78 is 5.46. The molecule has 1 atom stereocenters. The highest BCUT2D eigenvalue weighted by atomic mass is 127. The van der Waals surface area contributed by atoms with E-state index < -0.39 is 0 Å². The van der Waals surface area contributed by atoms with Crippen molar-refractivity contribution in [2.24, 2.45) is 4.99 Å². The van der Waals surface area contributed by atoms with E-state index in [-0.39, 0.29) is 24.0 Å². The minimum Gasteiger partial charge on any atom is -0.379 e. The molecule has 0 aromatic heterocycles. The lowest BCUT2D eigenvalue weighted by Gasteiger charge is -2.32. The molecule has 0 saturated carbocycles. The number of nitrogens with one attached hydrogen (secondary N) is 2. The highest BCUT2D eigenvalue weighted by molar-refractivity contribution is 14.0. The van der Waals surface area contributed by atoms with E-state index in [0.717, 1.165) is 51.9 Å². The fraction of sp³-hybridized carbons (Fsp3) is 0.708. The molecule has 0 radical (unpaired) electrons. The largest absolute Gasteiger partial charge is 0.379 e. The zero-order valence-corrected chi connectivity index (χ0v) is 21.8. The SMILES string of the molecule is CCNC(=NCc1cccc(CN2CCCCCC2)c1)NCC(C)N1CCOCC1.I. The third-order valence-electron chi connectivity index (χ3n) is 6.09. The molecule has 1 aromatic carbocycles. The number of nitrogens with zero attached hydrogens (tertiary/aromatic N) is 3. The molecule has 0 aliphatic carbocycles. The molecule has 1 unspecified atom stereocenters. The predicted molar refractivity (Wildman–Crippen MR) is 140 cm³/mol. The van der Waals surface area contributed by atoms with Gasteiger partial charge in [-0.25, -0.2) is 4.99 Å². The van der Waals surface area contributed by atoms with Crippen LogP contribution in [0.15, 0.2) is 29.3 Å². The van der Waals surface area contributed by atoms with Gasteiger partial charge in [-0.3, -0.25) is 9.80 Å². The summed E-state index contributed by atoms with van der Waals surface area (Å²) in [6.45, 7) is 14.1. The second kappa shape index (κ2) is 15.0. The molecule has 0 bridgehead atoms. The van der Waals surface area contributed by atoms with Gasteiger partial charge in [-0.15, -0.1) is 24.0 Å². The average Bonchev–Trinajstić information content (AvgIpc) is 3.05. The Labute approximate surface area is 206 Å². The normalized spacial score (nSPS) is 19.9. The highest BCUT2D eigenvalue weighted by Crippen LogP contribution is 2.14. The second-order valence-corrected chi connectivity index (χ2v) is 8.58. The van der Waals surface area contributed by atoms with E-state index in [1.165, 1.54) is 49.9 Å². The summed E-state index contributed by atoms with van der Waals surface area (Å²) in [5, 5.41) is 6.91. The van der Waals surface area contributed by atoms with Gasteiger partial charge in [0.2, 0.25) is 0 Å². The molecule has 2 N–H and O–H groups in total. The molecule has 3 rings (SSSR count). The van der Waals surface area contributed by atoms with Gasteiger partial charge in [-0.1, -0.05) is 37.1 Å². The summed E-state index contributed by atoms with van der Waals surface area (Å²) >= 11 is 0. The molecule has 2 fully saturated rings. The van der Waals surface area contributed by atoms with Crippen LogP contribution in [0, 0.1) is 0 Å². The van der Waals surface area contributed by atoms with Crippen molar-refractivity contribution in [3.8, 4) is 0 Å². The van der Waals surface area contributed by atoms with Crippen LogP contribution in [0.25, 0.3) is 0 Å². The topological polar surface area (TPSA) is 52.1 Å². The fourth-order valence-electron chi connectivity index (χ4n) is 4.28. The summed E-state index contributed by atoms with van der Waals surface area (Å²) in [5.74, 6) is 0.899. The van der Waals surface area contributed by atoms with E-state index in [4.69, 9.17) is 9.73 Å². The zero-order chi connectivity index (χ0) is 21.0. The molecule has 2 aliphatic heterocycles. The van der Waals surface area contributed by atoms with Crippen molar-refractivity contribution in [2.75, 3.05) is 52.5 Å². The van der Waals surface area contributed by atoms with Crippen molar-refractivity contribution in [1.82, 2.24) is 20.4 Å². The fourth-order valence-corrected chi connectivity index (χ4v) is 4.28. The molecule has 1 aromatic rings. The monoisotopic (exact) mass is 543 g/mol. The lowest BCUT2D eigenvalue weighted by molar-refractivity contribution is 0.0211. The summed E-state index contributed by atoms with van der Waals surface area (Å²) in [6.07, 6.45) is 5.44. The molecule has 2 saturated heterocycles. The number of hydrogen-bond acceptors (Lipinski definition) is 4. The minimum absolute atomic E-state index is 0. The Hall–Kier alpha value is -0.900. The van der Waals surface area contributed by atoms with Crippen molar-refractivity contribution >= 4 is 29.9 Å². The van der Waals surface area contributed by atoms with E-state index >= 15 is 0 Å². The molecule has 2 heterocycles. The maximum absolute atomic E-state index is 5.46. The molecular formula is C24H42IN5O. The van der Waals surface area contributed by atoms with Crippen LogP contribution < -0.4 is 10.6 Å². The lowest BCUT2D eigenvalue weighted by Crippen LogP contribution is -2.49. The second-order valence-electron chi connectivity index (χ2n) is 8.58. The van der Waals surface area contributed by atoms with Gasteiger partial charge in [0.1, 0.15) is 0 Å². The number of halogens is 1. The molecule has 7 heteroatoms. The van der Waals surface area contributed by atoms with E-state index in [0.29, 0.717) is 12.6 Å². The summed E-state index contributed by atoms with van der Waals surface area (Å²) in [6, 6.07) is 9.42. The highest BCUT2D eigenvalue weighted by Gasteiger charge is 2.17. The molecule has 176 valence electrons. The van der Waals surface area contributed by atoms with E-state index in [1.54, 1.807) is 0 Å². The van der Waals surface area contributed by atoms with Crippen LogP contribution in [0.3, 0.4) is 0 Å². The Kier molecular flexibility index (Phi) is 12.8. The Morgan fingerprint density at radius 1 is 1.03 bits per heavy atom. The standard InChI is InChI=1S/C24H41N5O.HI/c1-3-25-24(26-18-21(2)29-13-15-30-16-14-29)27-19-22-9-8-10-23(17-22)20-28-11-6-4-5-7-12-28;/h8-10,17,21H,3-7,11-16,18-20H2,1-2H3,(H2,25,26,27);1H. The van der Waals surface area contributed by atoms with Gasteiger partial charge < -0.3 is 15.4 Å². The lowest BCUT2D eigenvalue weighted by atomic mass is 10.1. The van der Waals surface area contributed by atoms with Crippen LogP contribution >= 0.6 is 24.0 Å². The maximum atomic E-state index is 5.46. The van der Waals surface area contributed by atoms with Crippen LogP contribution in [0.1, 0.15) is 50.7 Å². The van der Waals surface area contributed by atoms with Crippen molar-refractivity contribution in [1.29, 1.82) is 0 Å². The van der Waals surface area contributed by atoms with Crippen LogP contribution in [0.4, 0.5) is 0 Å². The number of hydrogen-bond donors (Lipinski definition) is 2. The Balaban J connectivity index is 0.00000341. The van der Waals surface area contributed by atoms with Gasteiger partial charge in [-0.2, -0.15) is 0 Å². The third-order valence-corrected chi connectivity index (χ3v) is 6.09.